The van der Waals surface area contributed by atoms with Crippen LogP contribution in [0.25, 0.3) is 22.3 Å². The van der Waals surface area contributed by atoms with Gasteiger partial charge in [-0.3, -0.25) is 9.48 Å². The normalized spacial score (nSPS) is 15.6. The molecule has 0 saturated carbocycles. The van der Waals surface area contributed by atoms with Gasteiger partial charge in [0.25, 0.3) is 5.91 Å². The molecule has 6 heteroatoms. The molecule has 1 aliphatic heterocycles. The molecule has 1 N–H and O–H groups in total. The van der Waals surface area contributed by atoms with Crippen LogP contribution in [0.5, 0.6) is 0 Å². The zero-order valence-electron chi connectivity index (χ0n) is 17.5. The number of nitrogens with one attached hydrogen (secondary N) is 1. The van der Waals surface area contributed by atoms with Gasteiger partial charge in [0.1, 0.15) is 0 Å². The van der Waals surface area contributed by atoms with E-state index in [4.69, 9.17) is 4.98 Å². The minimum absolute atomic E-state index is 0.0611. The number of nitrogens with zero attached hydrogens (tertiary/aromatic N) is 4. The fraction of sp³-hybridized carbons (Fsp3) is 0.435. The molecule has 4 rings (SSSR count). The molecule has 1 fully saturated rings. The van der Waals surface area contributed by atoms with Gasteiger partial charge in [-0.25, -0.2) is 4.98 Å². The molecule has 0 aliphatic carbocycles. The van der Waals surface area contributed by atoms with Crippen molar-refractivity contribution in [2.24, 2.45) is 7.05 Å². The molecule has 152 valence electrons. The van der Waals surface area contributed by atoms with Crippen LogP contribution in [0.15, 0.2) is 42.6 Å². The van der Waals surface area contributed by atoms with E-state index >= 15 is 0 Å². The number of likely N-dealkylation sites (tertiary alicyclic amines) is 1. The number of carbonyl (C=O) groups is 1. The first-order valence-electron chi connectivity index (χ1n) is 10.4. The zero-order valence-corrected chi connectivity index (χ0v) is 17.5. The molecule has 0 radical (unpaired) electrons. The number of fused-ring (bicyclic) bond motifs is 1. The largest absolute Gasteiger partial charge is 0.346 e. The van der Waals surface area contributed by atoms with Crippen LogP contribution in [0.1, 0.15) is 43.5 Å². The Morgan fingerprint density at radius 2 is 1.90 bits per heavy atom. The summed E-state index contributed by atoms with van der Waals surface area (Å²) in [7, 11) is 1.88. The molecular formula is C23H29N5O. The Morgan fingerprint density at radius 1 is 1.14 bits per heavy atom. The van der Waals surface area contributed by atoms with Gasteiger partial charge < -0.3 is 10.2 Å². The third-order valence-corrected chi connectivity index (χ3v) is 5.56. The molecule has 3 heterocycles. The van der Waals surface area contributed by atoms with Gasteiger partial charge >= 0.3 is 0 Å². The van der Waals surface area contributed by atoms with Crippen LogP contribution >= 0.6 is 0 Å². The van der Waals surface area contributed by atoms with Crippen molar-refractivity contribution >= 4 is 16.8 Å². The summed E-state index contributed by atoms with van der Waals surface area (Å²) in [4.78, 5) is 20.6. The van der Waals surface area contributed by atoms with Crippen molar-refractivity contribution < 1.29 is 4.79 Å². The maximum Gasteiger partial charge on any atom is 0.252 e. The van der Waals surface area contributed by atoms with Crippen molar-refractivity contribution in [3.05, 3.63) is 48.2 Å². The SMILES string of the molecule is Cn1nccc1-c1cc(C(=O)NC(C)(C)CN2CCCCC2)c2ccccc2n1. The number of pyridine rings is 1. The molecule has 1 aliphatic rings. The highest BCUT2D eigenvalue weighted by Gasteiger charge is 2.26. The quantitative estimate of drug-likeness (QED) is 0.721. The third-order valence-electron chi connectivity index (χ3n) is 5.56. The predicted molar refractivity (Wildman–Crippen MR) is 116 cm³/mol. The van der Waals surface area contributed by atoms with Gasteiger partial charge in [0.05, 0.1) is 22.5 Å². The Kier molecular flexibility index (Phi) is 5.37. The van der Waals surface area contributed by atoms with E-state index in [0.29, 0.717) is 5.56 Å². The minimum atomic E-state index is -0.314. The Balaban J connectivity index is 1.65. The number of benzene rings is 1. The summed E-state index contributed by atoms with van der Waals surface area (Å²) in [6.07, 6.45) is 5.54. The van der Waals surface area contributed by atoms with Gasteiger partial charge in [0, 0.05) is 30.7 Å². The van der Waals surface area contributed by atoms with E-state index in [1.807, 2.05) is 43.4 Å². The number of para-hydroxylation sites is 1. The first kappa shape index (κ1) is 19.6. The lowest BCUT2D eigenvalue weighted by molar-refractivity contribution is 0.0880. The first-order chi connectivity index (χ1) is 13.9. The van der Waals surface area contributed by atoms with Crippen molar-refractivity contribution in [3.8, 4) is 11.4 Å². The molecular weight excluding hydrogens is 362 g/mol. The predicted octanol–water partition coefficient (Wildman–Crippen LogP) is 3.63. The van der Waals surface area contributed by atoms with Gasteiger partial charge in [0.15, 0.2) is 0 Å². The van der Waals surface area contributed by atoms with Crippen molar-refractivity contribution in [1.29, 1.82) is 0 Å². The summed E-state index contributed by atoms with van der Waals surface area (Å²) >= 11 is 0. The van der Waals surface area contributed by atoms with Gasteiger partial charge in [0.2, 0.25) is 0 Å². The Morgan fingerprint density at radius 3 is 2.62 bits per heavy atom. The molecule has 1 amide bonds. The number of rotatable bonds is 5. The number of amides is 1. The van der Waals surface area contributed by atoms with Crippen LogP contribution in [0.2, 0.25) is 0 Å². The lowest BCUT2D eigenvalue weighted by Gasteiger charge is -2.35. The monoisotopic (exact) mass is 391 g/mol. The van der Waals surface area contributed by atoms with Crippen molar-refractivity contribution in [2.45, 2.75) is 38.6 Å². The van der Waals surface area contributed by atoms with E-state index in [1.54, 1.807) is 10.9 Å². The standard InChI is InChI=1S/C23H29N5O/c1-23(2,16-28-13-7-4-8-14-28)26-22(29)18-15-20(21-11-12-24-27(21)3)25-19-10-6-5-9-17(18)19/h5-6,9-12,15H,4,7-8,13-14,16H2,1-3H3,(H,26,29). The molecule has 29 heavy (non-hydrogen) atoms. The van der Waals surface area contributed by atoms with Crippen molar-refractivity contribution in [2.75, 3.05) is 19.6 Å². The summed E-state index contributed by atoms with van der Waals surface area (Å²) < 4.78 is 1.78. The molecule has 0 atom stereocenters. The average molecular weight is 392 g/mol. The van der Waals surface area contributed by atoms with Gasteiger partial charge in [-0.15, -0.1) is 0 Å². The zero-order chi connectivity index (χ0) is 20.4. The molecule has 0 bridgehead atoms. The fourth-order valence-electron chi connectivity index (χ4n) is 4.21. The van der Waals surface area contributed by atoms with Crippen LogP contribution in [0.3, 0.4) is 0 Å². The van der Waals surface area contributed by atoms with Crippen molar-refractivity contribution in [1.82, 2.24) is 25.0 Å². The van der Waals surface area contributed by atoms with Crippen molar-refractivity contribution in [3.63, 3.8) is 0 Å². The van der Waals surface area contributed by atoms with E-state index in [1.165, 1.54) is 19.3 Å². The second-order valence-electron chi connectivity index (χ2n) is 8.59. The molecule has 1 saturated heterocycles. The first-order valence-corrected chi connectivity index (χ1v) is 10.4. The number of hydrogen-bond acceptors (Lipinski definition) is 4. The van der Waals surface area contributed by atoms with Crippen LogP contribution in [0, 0.1) is 0 Å². The van der Waals surface area contributed by atoms with E-state index < -0.39 is 0 Å². The van der Waals surface area contributed by atoms with E-state index in [9.17, 15) is 4.79 Å². The second kappa shape index (κ2) is 7.95. The van der Waals surface area contributed by atoms with Crippen LogP contribution < -0.4 is 5.32 Å². The Labute approximate surface area is 171 Å². The summed E-state index contributed by atoms with van der Waals surface area (Å²) in [6, 6.07) is 11.6. The third kappa shape index (κ3) is 4.32. The smallest absolute Gasteiger partial charge is 0.252 e. The van der Waals surface area contributed by atoms with E-state index in [-0.39, 0.29) is 11.4 Å². The number of piperidine rings is 1. The average Bonchev–Trinajstić information content (AvgIpc) is 3.13. The molecule has 6 nitrogen and oxygen atoms in total. The van der Waals surface area contributed by atoms with E-state index in [2.05, 4.69) is 29.2 Å². The molecule has 0 spiro atoms. The summed E-state index contributed by atoms with van der Waals surface area (Å²) in [5, 5.41) is 8.38. The summed E-state index contributed by atoms with van der Waals surface area (Å²) in [5.41, 5.74) is 2.79. The van der Waals surface area contributed by atoms with Crippen LogP contribution in [-0.2, 0) is 7.05 Å². The number of aryl methyl sites for hydroxylation is 1. The summed E-state index contributed by atoms with van der Waals surface area (Å²) in [5.74, 6) is -0.0611. The maximum atomic E-state index is 13.3. The number of hydrogen-bond donors (Lipinski definition) is 1. The van der Waals surface area contributed by atoms with Gasteiger partial charge in [-0.2, -0.15) is 5.10 Å². The molecule has 2 aromatic heterocycles. The van der Waals surface area contributed by atoms with E-state index in [0.717, 1.165) is 41.9 Å². The van der Waals surface area contributed by atoms with Crippen LogP contribution in [0.4, 0.5) is 0 Å². The Bertz CT molecular complexity index is 1020. The minimum Gasteiger partial charge on any atom is -0.346 e. The van der Waals surface area contributed by atoms with Crippen LogP contribution in [-0.4, -0.2) is 50.7 Å². The molecule has 0 unspecified atom stereocenters. The van der Waals surface area contributed by atoms with Gasteiger partial charge in [-0.1, -0.05) is 24.6 Å². The second-order valence-corrected chi connectivity index (χ2v) is 8.59. The lowest BCUT2D eigenvalue weighted by atomic mass is 10.00. The Hall–Kier alpha value is -2.73. The highest BCUT2D eigenvalue weighted by atomic mass is 16.1. The maximum absolute atomic E-state index is 13.3. The lowest BCUT2D eigenvalue weighted by Crippen LogP contribution is -2.52. The highest BCUT2D eigenvalue weighted by Crippen LogP contribution is 2.25. The highest BCUT2D eigenvalue weighted by molar-refractivity contribution is 6.07. The molecule has 1 aromatic carbocycles. The fourth-order valence-corrected chi connectivity index (χ4v) is 4.21. The summed E-state index contributed by atoms with van der Waals surface area (Å²) in [6.45, 7) is 7.29. The number of carbonyl (C=O) groups excluding carboxylic acids is 1. The number of aromatic nitrogens is 3. The topological polar surface area (TPSA) is 63.1 Å². The molecule has 3 aromatic rings. The van der Waals surface area contributed by atoms with Gasteiger partial charge in [-0.05, 0) is 58.0 Å².